The molecule has 1 aliphatic heterocycles. The van der Waals surface area contributed by atoms with E-state index in [9.17, 15) is 9.59 Å². The number of β-lactam (4-membered cyclic amide) rings is 1. The lowest BCUT2D eigenvalue weighted by Gasteiger charge is -2.38. The van der Waals surface area contributed by atoms with Crippen LogP contribution in [0.2, 0.25) is 0 Å². The molecule has 0 radical (unpaired) electrons. The van der Waals surface area contributed by atoms with Crippen LogP contribution in [-0.4, -0.2) is 30.2 Å². The summed E-state index contributed by atoms with van der Waals surface area (Å²) in [5.74, 6) is -0.114. The lowest BCUT2D eigenvalue weighted by molar-refractivity contribution is -0.124. The quantitative estimate of drug-likeness (QED) is 0.828. The molecule has 1 aromatic rings. The summed E-state index contributed by atoms with van der Waals surface area (Å²) in [6.45, 7) is 5.82. The maximum atomic E-state index is 11.9. The van der Waals surface area contributed by atoms with Crippen LogP contribution in [0.5, 0.6) is 0 Å². The number of carbonyl (C=O) groups excluding carboxylic acids is 2. The highest BCUT2D eigenvalue weighted by molar-refractivity contribution is 6.05. The number of rotatable bonds is 2. The van der Waals surface area contributed by atoms with Crippen molar-refractivity contribution in [2.24, 2.45) is 0 Å². The van der Waals surface area contributed by atoms with E-state index < -0.39 is 17.7 Å². The highest BCUT2D eigenvalue weighted by Gasteiger charge is 2.39. The standard InChI is InChI=1S/C14H18N2O3/c1-14(2,3)19-13(18)15-11-9-16(12(11)17)10-7-5-4-6-8-10/h4-8,11H,9H2,1-3H3,(H,15,18)/t11-/m1/s1. The minimum Gasteiger partial charge on any atom is -0.444 e. The second kappa shape index (κ2) is 4.91. The van der Waals surface area contributed by atoms with Crippen molar-refractivity contribution in [1.29, 1.82) is 0 Å². The van der Waals surface area contributed by atoms with Crippen molar-refractivity contribution in [3.63, 3.8) is 0 Å². The average molecular weight is 262 g/mol. The zero-order valence-corrected chi connectivity index (χ0v) is 11.3. The third kappa shape index (κ3) is 3.24. The van der Waals surface area contributed by atoms with Crippen LogP contribution in [0.15, 0.2) is 30.3 Å². The molecule has 1 aliphatic rings. The van der Waals surface area contributed by atoms with Crippen LogP contribution in [0, 0.1) is 0 Å². The Morgan fingerprint density at radius 3 is 2.47 bits per heavy atom. The van der Waals surface area contributed by atoms with Crippen molar-refractivity contribution >= 4 is 17.7 Å². The second-order valence-corrected chi connectivity index (χ2v) is 5.48. The van der Waals surface area contributed by atoms with E-state index in [2.05, 4.69) is 5.32 Å². The normalized spacial score (nSPS) is 18.8. The van der Waals surface area contributed by atoms with E-state index >= 15 is 0 Å². The minimum atomic E-state index is -0.560. The fraction of sp³-hybridized carbons (Fsp3) is 0.429. The molecule has 0 saturated carbocycles. The summed E-state index contributed by atoms with van der Waals surface area (Å²) < 4.78 is 5.11. The molecule has 2 rings (SSSR count). The monoisotopic (exact) mass is 262 g/mol. The molecule has 1 aromatic carbocycles. The molecule has 1 atom stereocenters. The summed E-state index contributed by atoms with van der Waals surface area (Å²) in [6.07, 6.45) is -0.557. The molecule has 5 nitrogen and oxygen atoms in total. The molecule has 0 unspecified atom stereocenters. The van der Waals surface area contributed by atoms with Gasteiger partial charge in [-0.05, 0) is 32.9 Å². The Balaban J connectivity index is 1.87. The van der Waals surface area contributed by atoms with Crippen molar-refractivity contribution in [1.82, 2.24) is 5.32 Å². The molecule has 102 valence electrons. The number of ether oxygens (including phenoxy) is 1. The summed E-state index contributed by atoms with van der Waals surface area (Å²) >= 11 is 0. The fourth-order valence-corrected chi connectivity index (χ4v) is 1.82. The van der Waals surface area contributed by atoms with Crippen LogP contribution in [0.1, 0.15) is 20.8 Å². The van der Waals surface area contributed by atoms with Gasteiger partial charge in [0.25, 0.3) is 5.91 Å². The topological polar surface area (TPSA) is 58.6 Å². The van der Waals surface area contributed by atoms with Gasteiger partial charge in [-0.1, -0.05) is 18.2 Å². The second-order valence-electron chi connectivity index (χ2n) is 5.48. The van der Waals surface area contributed by atoms with E-state index in [0.29, 0.717) is 6.54 Å². The number of hydrogen-bond donors (Lipinski definition) is 1. The van der Waals surface area contributed by atoms with E-state index in [1.165, 1.54) is 0 Å². The molecule has 1 saturated heterocycles. The zero-order chi connectivity index (χ0) is 14.0. The SMILES string of the molecule is CC(C)(C)OC(=O)N[C@@H]1CN(c2ccccc2)C1=O. The summed E-state index contributed by atoms with van der Waals surface area (Å²) in [6, 6.07) is 8.87. The number of nitrogens with one attached hydrogen (secondary N) is 1. The first-order valence-electron chi connectivity index (χ1n) is 6.23. The van der Waals surface area contributed by atoms with E-state index in [4.69, 9.17) is 4.74 Å². The summed E-state index contributed by atoms with van der Waals surface area (Å²) in [4.78, 5) is 25.1. The Kier molecular flexibility index (Phi) is 3.46. The summed E-state index contributed by atoms with van der Waals surface area (Å²) in [7, 11) is 0. The van der Waals surface area contributed by atoms with Gasteiger partial charge >= 0.3 is 6.09 Å². The van der Waals surface area contributed by atoms with E-state index in [1.54, 1.807) is 25.7 Å². The number of hydrogen-bond acceptors (Lipinski definition) is 3. The maximum Gasteiger partial charge on any atom is 0.408 e. The first-order valence-corrected chi connectivity index (χ1v) is 6.23. The molecule has 19 heavy (non-hydrogen) atoms. The van der Waals surface area contributed by atoms with Crippen LogP contribution in [0.25, 0.3) is 0 Å². The molecular weight excluding hydrogens is 244 g/mol. The van der Waals surface area contributed by atoms with Gasteiger partial charge in [-0.3, -0.25) is 4.79 Å². The molecule has 0 bridgehead atoms. The van der Waals surface area contributed by atoms with Crippen LogP contribution in [0.4, 0.5) is 10.5 Å². The van der Waals surface area contributed by atoms with Crippen LogP contribution in [0.3, 0.4) is 0 Å². The molecule has 1 heterocycles. The molecule has 5 heteroatoms. The predicted molar refractivity (Wildman–Crippen MR) is 72.0 cm³/mol. The first kappa shape index (κ1) is 13.4. The molecule has 0 aromatic heterocycles. The first-order chi connectivity index (χ1) is 8.87. The molecule has 0 aliphatic carbocycles. The van der Waals surface area contributed by atoms with Gasteiger partial charge in [0.05, 0.1) is 6.54 Å². The van der Waals surface area contributed by atoms with Gasteiger partial charge in [0.15, 0.2) is 0 Å². The number of amides is 2. The highest BCUT2D eigenvalue weighted by Crippen LogP contribution is 2.21. The van der Waals surface area contributed by atoms with Crippen LogP contribution >= 0.6 is 0 Å². The Morgan fingerprint density at radius 1 is 1.32 bits per heavy atom. The van der Waals surface area contributed by atoms with Crippen molar-refractivity contribution < 1.29 is 14.3 Å². The maximum absolute atomic E-state index is 11.9. The van der Waals surface area contributed by atoms with Crippen molar-refractivity contribution in [3.8, 4) is 0 Å². The zero-order valence-electron chi connectivity index (χ0n) is 11.3. The smallest absolute Gasteiger partial charge is 0.408 e. The van der Waals surface area contributed by atoms with Crippen LogP contribution in [-0.2, 0) is 9.53 Å². The van der Waals surface area contributed by atoms with Gasteiger partial charge in [-0.15, -0.1) is 0 Å². The van der Waals surface area contributed by atoms with Gasteiger partial charge in [0, 0.05) is 5.69 Å². The molecule has 2 amide bonds. The average Bonchev–Trinajstić information content (AvgIpc) is 2.32. The minimum absolute atomic E-state index is 0.114. The van der Waals surface area contributed by atoms with Crippen LogP contribution < -0.4 is 10.2 Å². The van der Waals surface area contributed by atoms with E-state index in [1.807, 2.05) is 30.3 Å². The largest absolute Gasteiger partial charge is 0.444 e. The fourth-order valence-electron chi connectivity index (χ4n) is 1.82. The number of para-hydroxylation sites is 1. The lowest BCUT2D eigenvalue weighted by Crippen LogP contribution is -2.64. The number of nitrogens with zero attached hydrogens (tertiary/aromatic N) is 1. The Hall–Kier alpha value is -2.04. The Labute approximate surface area is 112 Å². The van der Waals surface area contributed by atoms with Gasteiger partial charge < -0.3 is 15.0 Å². The molecule has 0 spiro atoms. The van der Waals surface area contributed by atoms with Crippen molar-refractivity contribution in [2.45, 2.75) is 32.4 Å². The van der Waals surface area contributed by atoms with Gasteiger partial charge in [-0.2, -0.15) is 0 Å². The Morgan fingerprint density at radius 2 is 1.95 bits per heavy atom. The number of alkyl carbamates (subject to hydrolysis) is 1. The number of benzene rings is 1. The summed E-state index contributed by atoms with van der Waals surface area (Å²) in [5.41, 5.74) is 0.283. The number of anilines is 1. The third-order valence-electron chi connectivity index (χ3n) is 2.69. The highest BCUT2D eigenvalue weighted by atomic mass is 16.6. The third-order valence-corrected chi connectivity index (χ3v) is 2.69. The Bertz CT molecular complexity index is 479. The predicted octanol–water partition coefficient (Wildman–Crippen LogP) is 1.93. The summed E-state index contributed by atoms with van der Waals surface area (Å²) in [5, 5.41) is 2.57. The molecular formula is C14H18N2O3. The number of carbonyl (C=O) groups is 2. The molecule has 1 N–H and O–H groups in total. The van der Waals surface area contributed by atoms with Gasteiger partial charge in [0.1, 0.15) is 11.6 Å². The van der Waals surface area contributed by atoms with Gasteiger partial charge in [0.2, 0.25) is 0 Å². The van der Waals surface area contributed by atoms with Crippen molar-refractivity contribution in [2.75, 3.05) is 11.4 Å². The van der Waals surface area contributed by atoms with E-state index in [0.717, 1.165) is 5.69 Å². The van der Waals surface area contributed by atoms with Crippen molar-refractivity contribution in [3.05, 3.63) is 30.3 Å². The molecule has 1 fully saturated rings. The van der Waals surface area contributed by atoms with E-state index in [-0.39, 0.29) is 5.91 Å². The lowest BCUT2D eigenvalue weighted by atomic mass is 10.1. The van der Waals surface area contributed by atoms with Gasteiger partial charge in [-0.25, -0.2) is 4.79 Å².